The van der Waals surface area contributed by atoms with Gasteiger partial charge in [0.1, 0.15) is 0 Å². The first kappa shape index (κ1) is 13.0. The molecular formula is C17H18N2OS. The van der Waals surface area contributed by atoms with Crippen molar-refractivity contribution in [3.63, 3.8) is 0 Å². The Bertz CT molecular complexity index is 647. The van der Waals surface area contributed by atoms with Gasteiger partial charge in [-0.05, 0) is 29.0 Å². The number of amides is 1. The van der Waals surface area contributed by atoms with E-state index in [2.05, 4.69) is 29.2 Å². The van der Waals surface area contributed by atoms with E-state index in [1.807, 2.05) is 22.4 Å². The number of likely N-dealkylation sites (tertiary alicyclic amines) is 1. The Balaban J connectivity index is 1.38. The van der Waals surface area contributed by atoms with Crippen LogP contribution in [0.25, 0.3) is 0 Å². The van der Waals surface area contributed by atoms with Gasteiger partial charge >= 0.3 is 0 Å². The van der Waals surface area contributed by atoms with Crippen molar-refractivity contribution in [3.05, 3.63) is 57.8 Å². The van der Waals surface area contributed by atoms with Crippen LogP contribution in [0, 0.1) is 0 Å². The number of carbonyl (C=O) groups is 1. The fourth-order valence-corrected chi connectivity index (χ4v) is 3.93. The quantitative estimate of drug-likeness (QED) is 0.851. The van der Waals surface area contributed by atoms with Crippen LogP contribution in [0.15, 0.2) is 41.8 Å². The van der Waals surface area contributed by atoms with Gasteiger partial charge in [0.15, 0.2) is 0 Å². The van der Waals surface area contributed by atoms with Gasteiger partial charge in [-0.25, -0.2) is 0 Å². The first-order valence-corrected chi connectivity index (χ1v) is 8.33. The SMILES string of the molecule is O=C(c1cccs1)N1CC(N2CCc3ccccc3C2)C1. The van der Waals surface area contributed by atoms with Crippen LogP contribution in [0.4, 0.5) is 0 Å². The van der Waals surface area contributed by atoms with Crippen LogP contribution in [0.5, 0.6) is 0 Å². The summed E-state index contributed by atoms with van der Waals surface area (Å²) in [5.41, 5.74) is 2.94. The summed E-state index contributed by atoms with van der Waals surface area (Å²) in [5.74, 6) is 0.193. The molecule has 4 rings (SSSR count). The second-order valence-corrected chi connectivity index (χ2v) is 6.78. The molecule has 1 aromatic carbocycles. The maximum atomic E-state index is 12.2. The van der Waals surface area contributed by atoms with Crippen LogP contribution in [0.3, 0.4) is 0 Å². The Labute approximate surface area is 128 Å². The predicted molar refractivity (Wildman–Crippen MR) is 84.6 cm³/mol. The highest BCUT2D eigenvalue weighted by atomic mass is 32.1. The molecule has 4 heteroatoms. The van der Waals surface area contributed by atoms with Crippen molar-refractivity contribution in [2.45, 2.75) is 19.0 Å². The molecule has 2 aromatic rings. The highest BCUT2D eigenvalue weighted by Crippen LogP contribution is 2.25. The molecule has 0 saturated carbocycles. The summed E-state index contributed by atoms with van der Waals surface area (Å²) >= 11 is 1.53. The molecule has 0 N–H and O–H groups in total. The third kappa shape index (κ3) is 2.39. The van der Waals surface area contributed by atoms with E-state index >= 15 is 0 Å². The van der Waals surface area contributed by atoms with Gasteiger partial charge in [-0.2, -0.15) is 0 Å². The molecule has 0 spiro atoms. The van der Waals surface area contributed by atoms with E-state index < -0.39 is 0 Å². The average molecular weight is 298 g/mol. The highest BCUT2D eigenvalue weighted by Gasteiger charge is 2.36. The van der Waals surface area contributed by atoms with E-state index in [4.69, 9.17) is 0 Å². The van der Waals surface area contributed by atoms with Gasteiger partial charge in [0.2, 0.25) is 0 Å². The van der Waals surface area contributed by atoms with E-state index in [9.17, 15) is 4.79 Å². The molecule has 3 nitrogen and oxygen atoms in total. The Morgan fingerprint density at radius 2 is 1.90 bits per heavy atom. The third-order valence-corrected chi connectivity index (χ3v) is 5.42. The second kappa shape index (κ2) is 5.28. The molecule has 21 heavy (non-hydrogen) atoms. The molecule has 3 heterocycles. The summed E-state index contributed by atoms with van der Waals surface area (Å²) in [7, 11) is 0. The molecule has 1 amide bonds. The Kier molecular flexibility index (Phi) is 3.28. The molecule has 2 aliphatic rings. The molecule has 0 atom stereocenters. The standard InChI is InChI=1S/C17H18N2OS/c20-17(16-6-3-9-21-16)19-11-15(12-19)18-8-7-13-4-1-2-5-14(13)10-18/h1-6,9,15H,7-8,10-12H2. The second-order valence-electron chi connectivity index (χ2n) is 5.83. The van der Waals surface area contributed by atoms with E-state index in [0.717, 1.165) is 37.5 Å². The van der Waals surface area contributed by atoms with Crippen LogP contribution in [0.1, 0.15) is 20.8 Å². The first-order valence-electron chi connectivity index (χ1n) is 7.45. The van der Waals surface area contributed by atoms with E-state index in [0.29, 0.717) is 6.04 Å². The molecule has 1 saturated heterocycles. The number of nitrogens with zero attached hydrogens (tertiary/aromatic N) is 2. The lowest BCUT2D eigenvalue weighted by molar-refractivity contribution is 0.0222. The molecular weight excluding hydrogens is 280 g/mol. The van der Waals surface area contributed by atoms with Crippen molar-refractivity contribution >= 4 is 17.2 Å². The maximum Gasteiger partial charge on any atom is 0.264 e. The van der Waals surface area contributed by atoms with E-state index in [1.54, 1.807) is 0 Å². The smallest absolute Gasteiger partial charge is 0.264 e. The topological polar surface area (TPSA) is 23.6 Å². The Hall–Kier alpha value is -1.65. The minimum Gasteiger partial charge on any atom is -0.335 e. The molecule has 108 valence electrons. The van der Waals surface area contributed by atoms with Gasteiger partial charge in [-0.3, -0.25) is 9.69 Å². The zero-order valence-electron chi connectivity index (χ0n) is 11.9. The average Bonchev–Trinajstić information content (AvgIpc) is 2.99. The van der Waals surface area contributed by atoms with Crippen molar-refractivity contribution in [3.8, 4) is 0 Å². The van der Waals surface area contributed by atoms with Gasteiger partial charge in [-0.15, -0.1) is 11.3 Å². The normalized spacial score (nSPS) is 19.1. The van der Waals surface area contributed by atoms with Gasteiger partial charge in [-0.1, -0.05) is 30.3 Å². The number of hydrogen-bond donors (Lipinski definition) is 0. The lowest BCUT2D eigenvalue weighted by Gasteiger charge is -2.46. The maximum absolute atomic E-state index is 12.2. The van der Waals surface area contributed by atoms with Gasteiger partial charge in [0.05, 0.1) is 4.88 Å². The van der Waals surface area contributed by atoms with Crippen molar-refractivity contribution in [1.82, 2.24) is 9.80 Å². The van der Waals surface area contributed by atoms with Crippen LogP contribution in [-0.4, -0.2) is 41.4 Å². The first-order chi connectivity index (χ1) is 10.3. The number of rotatable bonds is 2. The summed E-state index contributed by atoms with van der Waals surface area (Å²) in [6, 6.07) is 13.1. The molecule has 2 aliphatic heterocycles. The zero-order chi connectivity index (χ0) is 14.2. The van der Waals surface area contributed by atoms with Gasteiger partial charge < -0.3 is 4.90 Å². The fraction of sp³-hybridized carbons (Fsp3) is 0.353. The van der Waals surface area contributed by atoms with Crippen LogP contribution < -0.4 is 0 Å². The minimum atomic E-state index is 0.193. The molecule has 1 fully saturated rings. The number of hydrogen-bond acceptors (Lipinski definition) is 3. The Morgan fingerprint density at radius 1 is 1.10 bits per heavy atom. The highest BCUT2D eigenvalue weighted by molar-refractivity contribution is 7.12. The number of carbonyl (C=O) groups excluding carboxylic acids is 1. The molecule has 0 radical (unpaired) electrons. The minimum absolute atomic E-state index is 0.193. The van der Waals surface area contributed by atoms with E-state index in [1.165, 1.54) is 22.5 Å². The number of benzene rings is 1. The van der Waals surface area contributed by atoms with Gasteiger partial charge in [0, 0.05) is 32.2 Å². The number of fused-ring (bicyclic) bond motifs is 1. The lowest BCUT2D eigenvalue weighted by atomic mass is 9.96. The summed E-state index contributed by atoms with van der Waals surface area (Å²) in [5, 5.41) is 1.96. The van der Waals surface area contributed by atoms with E-state index in [-0.39, 0.29) is 5.91 Å². The molecule has 0 aliphatic carbocycles. The largest absolute Gasteiger partial charge is 0.335 e. The van der Waals surface area contributed by atoms with Crippen molar-refractivity contribution < 1.29 is 4.79 Å². The Morgan fingerprint density at radius 3 is 2.67 bits per heavy atom. The number of thiophene rings is 1. The van der Waals surface area contributed by atoms with Crippen molar-refractivity contribution in [2.75, 3.05) is 19.6 Å². The van der Waals surface area contributed by atoms with Crippen molar-refractivity contribution in [2.24, 2.45) is 0 Å². The molecule has 1 aromatic heterocycles. The molecule has 0 unspecified atom stereocenters. The lowest BCUT2D eigenvalue weighted by Crippen LogP contribution is -2.61. The summed E-state index contributed by atoms with van der Waals surface area (Å²) in [6.07, 6.45) is 1.13. The monoisotopic (exact) mass is 298 g/mol. The predicted octanol–water partition coefficient (Wildman–Crippen LogP) is 2.63. The van der Waals surface area contributed by atoms with Gasteiger partial charge in [0.25, 0.3) is 5.91 Å². The summed E-state index contributed by atoms with van der Waals surface area (Å²) in [6.45, 7) is 3.89. The summed E-state index contributed by atoms with van der Waals surface area (Å²) < 4.78 is 0. The van der Waals surface area contributed by atoms with Crippen LogP contribution in [0.2, 0.25) is 0 Å². The third-order valence-electron chi connectivity index (χ3n) is 4.56. The summed E-state index contributed by atoms with van der Waals surface area (Å²) in [4.78, 5) is 17.6. The zero-order valence-corrected chi connectivity index (χ0v) is 12.7. The molecule has 0 bridgehead atoms. The van der Waals surface area contributed by atoms with Crippen molar-refractivity contribution in [1.29, 1.82) is 0 Å². The van der Waals surface area contributed by atoms with Crippen LogP contribution in [-0.2, 0) is 13.0 Å². The fourth-order valence-electron chi connectivity index (χ4n) is 3.24. The van der Waals surface area contributed by atoms with Crippen LogP contribution >= 0.6 is 11.3 Å².